The molecule has 0 saturated carbocycles. The Hall–Kier alpha value is -1.92. The molecular weight excluding hydrogens is 353 g/mol. The van der Waals surface area contributed by atoms with Gasteiger partial charge < -0.3 is 4.74 Å². The molecule has 2 aromatic carbocycles. The Morgan fingerprint density at radius 3 is 2.46 bits per heavy atom. The molecule has 0 bridgehead atoms. The second kappa shape index (κ2) is 7.37. The minimum Gasteiger partial charge on any atom is -0.487 e. The van der Waals surface area contributed by atoms with Gasteiger partial charge in [-0.2, -0.15) is 0 Å². The third-order valence-corrected chi connectivity index (χ3v) is 6.45. The van der Waals surface area contributed by atoms with Crippen molar-refractivity contribution < 1.29 is 17.5 Å². The van der Waals surface area contributed by atoms with Crippen LogP contribution in [-0.4, -0.2) is 14.0 Å². The first-order valence-electron chi connectivity index (χ1n) is 8.89. The molecule has 0 aliphatic carbocycles. The Balaban J connectivity index is 1.89. The Morgan fingerprint density at radius 1 is 1.12 bits per heavy atom. The van der Waals surface area contributed by atoms with Gasteiger partial charge in [0, 0.05) is 17.5 Å². The van der Waals surface area contributed by atoms with Crippen LogP contribution in [0.4, 0.5) is 4.39 Å². The molecule has 1 atom stereocenters. The molecule has 0 amide bonds. The van der Waals surface area contributed by atoms with Crippen LogP contribution in [0.1, 0.15) is 50.3 Å². The van der Waals surface area contributed by atoms with Crippen LogP contribution in [0.15, 0.2) is 48.5 Å². The van der Waals surface area contributed by atoms with E-state index in [2.05, 4.69) is 4.72 Å². The van der Waals surface area contributed by atoms with E-state index in [9.17, 15) is 12.8 Å². The third-order valence-electron chi connectivity index (χ3n) is 5.11. The Bertz CT molecular complexity index is 878. The van der Waals surface area contributed by atoms with E-state index in [0.29, 0.717) is 12.2 Å². The van der Waals surface area contributed by atoms with Crippen LogP contribution in [0.2, 0.25) is 0 Å². The topological polar surface area (TPSA) is 55.4 Å². The maximum atomic E-state index is 13.9. The number of ether oxygens (including phenoxy) is 1. The normalized spacial score (nSPS) is 18.8. The van der Waals surface area contributed by atoms with Crippen LogP contribution in [0.5, 0.6) is 5.75 Å². The zero-order chi connectivity index (χ0) is 18.8. The minimum absolute atomic E-state index is 0.164. The number of hydrogen-bond donors (Lipinski definition) is 1. The molecule has 0 spiro atoms. The van der Waals surface area contributed by atoms with Crippen LogP contribution in [0, 0.1) is 5.82 Å². The lowest BCUT2D eigenvalue weighted by Crippen LogP contribution is -2.44. The van der Waals surface area contributed by atoms with Crippen molar-refractivity contribution in [1.29, 1.82) is 0 Å². The Kier molecular flexibility index (Phi) is 5.34. The number of halogens is 1. The molecule has 3 rings (SSSR count). The van der Waals surface area contributed by atoms with E-state index in [0.717, 1.165) is 18.4 Å². The summed E-state index contributed by atoms with van der Waals surface area (Å²) in [6.07, 6.45) is 2.11. The van der Waals surface area contributed by atoms with E-state index in [4.69, 9.17) is 4.74 Å². The Morgan fingerprint density at radius 2 is 1.77 bits per heavy atom. The van der Waals surface area contributed by atoms with Crippen molar-refractivity contribution in [2.24, 2.45) is 0 Å². The lowest BCUT2D eigenvalue weighted by Gasteiger charge is -2.41. The van der Waals surface area contributed by atoms with E-state index in [1.807, 2.05) is 38.1 Å². The predicted octanol–water partition coefficient (Wildman–Crippen LogP) is 4.33. The van der Waals surface area contributed by atoms with Gasteiger partial charge in [0.15, 0.2) is 0 Å². The summed E-state index contributed by atoms with van der Waals surface area (Å²) >= 11 is 0. The van der Waals surface area contributed by atoms with Gasteiger partial charge in [0.1, 0.15) is 17.2 Å². The molecule has 6 heteroatoms. The van der Waals surface area contributed by atoms with Gasteiger partial charge in [-0.15, -0.1) is 0 Å². The van der Waals surface area contributed by atoms with Gasteiger partial charge in [-0.1, -0.05) is 50.2 Å². The molecule has 1 heterocycles. The smallest absolute Gasteiger partial charge is 0.216 e. The van der Waals surface area contributed by atoms with Crippen molar-refractivity contribution in [2.45, 2.75) is 50.5 Å². The van der Waals surface area contributed by atoms with Crippen molar-refractivity contribution >= 4 is 10.0 Å². The van der Waals surface area contributed by atoms with Crippen molar-refractivity contribution in [3.8, 4) is 5.75 Å². The third kappa shape index (κ3) is 3.91. The van der Waals surface area contributed by atoms with Crippen LogP contribution >= 0.6 is 0 Å². The number of hydrogen-bond acceptors (Lipinski definition) is 3. The number of sulfonamides is 1. The summed E-state index contributed by atoms with van der Waals surface area (Å²) in [5.74, 6) is -0.187. The summed E-state index contributed by atoms with van der Waals surface area (Å²) < 4.78 is 48.2. The zero-order valence-corrected chi connectivity index (χ0v) is 15.9. The van der Waals surface area contributed by atoms with Gasteiger partial charge in [-0.25, -0.2) is 17.5 Å². The fraction of sp³-hybridized carbons (Fsp3) is 0.400. The first-order valence-corrected chi connectivity index (χ1v) is 10.5. The highest BCUT2D eigenvalue weighted by Crippen LogP contribution is 2.42. The van der Waals surface area contributed by atoms with Gasteiger partial charge in [0.25, 0.3) is 0 Å². The summed E-state index contributed by atoms with van der Waals surface area (Å²) in [5, 5.41) is 0. The highest BCUT2D eigenvalue weighted by atomic mass is 32.2. The first-order chi connectivity index (χ1) is 12.4. The summed E-state index contributed by atoms with van der Waals surface area (Å²) in [6, 6.07) is 13.0. The van der Waals surface area contributed by atoms with Crippen LogP contribution in [0.25, 0.3) is 0 Å². The fourth-order valence-electron chi connectivity index (χ4n) is 3.48. The van der Waals surface area contributed by atoms with Crippen LogP contribution in [-0.2, 0) is 15.8 Å². The molecule has 1 N–H and O–H groups in total. The number of rotatable bonds is 6. The monoisotopic (exact) mass is 377 g/mol. The molecular formula is C20H24FNO3S. The molecule has 1 aliphatic rings. The van der Waals surface area contributed by atoms with Gasteiger partial charge in [0.05, 0.1) is 11.8 Å². The first kappa shape index (κ1) is 18.9. The minimum atomic E-state index is -3.71. The van der Waals surface area contributed by atoms with E-state index in [1.54, 1.807) is 12.1 Å². The molecule has 0 saturated heterocycles. The molecule has 2 aromatic rings. The molecule has 0 radical (unpaired) electrons. The lowest BCUT2D eigenvalue weighted by molar-refractivity contribution is 0.0260. The summed E-state index contributed by atoms with van der Waals surface area (Å²) in [6.45, 7) is 4.09. The SMILES string of the molecule is CCC1(CC)C[C@H](NS(=O)(=O)Cc2ccccc2F)c2ccccc2O1. The lowest BCUT2D eigenvalue weighted by atomic mass is 9.84. The number of nitrogens with one attached hydrogen (secondary N) is 1. The van der Waals surface area contributed by atoms with Crippen molar-refractivity contribution in [3.63, 3.8) is 0 Å². The second-order valence-corrected chi connectivity index (χ2v) is 8.51. The molecule has 4 nitrogen and oxygen atoms in total. The van der Waals surface area contributed by atoms with Gasteiger partial charge in [0.2, 0.25) is 10.0 Å². The van der Waals surface area contributed by atoms with Crippen molar-refractivity contribution in [3.05, 3.63) is 65.5 Å². The van der Waals surface area contributed by atoms with E-state index >= 15 is 0 Å². The average Bonchev–Trinajstić information content (AvgIpc) is 2.63. The quantitative estimate of drug-likeness (QED) is 0.815. The molecule has 26 heavy (non-hydrogen) atoms. The van der Waals surface area contributed by atoms with E-state index < -0.39 is 27.5 Å². The van der Waals surface area contributed by atoms with Gasteiger partial charge >= 0.3 is 0 Å². The molecule has 0 fully saturated rings. The van der Waals surface area contributed by atoms with E-state index in [-0.39, 0.29) is 11.3 Å². The van der Waals surface area contributed by atoms with Crippen LogP contribution < -0.4 is 9.46 Å². The summed E-state index contributed by atoms with van der Waals surface area (Å²) in [5.41, 5.74) is 0.583. The van der Waals surface area contributed by atoms with Crippen molar-refractivity contribution in [1.82, 2.24) is 4.72 Å². The van der Waals surface area contributed by atoms with E-state index in [1.165, 1.54) is 12.1 Å². The molecule has 0 aromatic heterocycles. The maximum Gasteiger partial charge on any atom is 0.216 e. The van der Waals surface area contributed by atoms with Gasteiger partial charge in [-0.3, -0.25) is 0 Å². The summed E-state index contributed by atoms with van der Waals surface area (Å²) in [4.78, 5) is 0. The van der Waals surface area contributed by atoms with Crippen LogP contribution in [0.3, 0.4) is 0 Å². The zero-order valence-electron chi connectivity index (χ0n) is 15.0. The largest absolute Gasteiger partial charge is 0.487 e. The van der Waals surface area contributed by atoms with Gasteiger partial charge in [-0.05, 0) is 25.0 Å². The molecule has 140 valence electrons. The predicted molar refractivity (Wildman–Crippen MR) is 99.9 cm³/mol. The van der Waals surface area contributed by atoms with Crippen molar-refractivity contribution in [2.75, 3.05) is 0 Å². The molecule has 1 aliphatic heterocycles. The Labute approximate surface area is 154 Å². The fourth-order valence-corrected chi connectivity index (χ4v) is 4.86. The molecule has 0 unspecified atom stereocenters. The number of benzene rings is 2. The highest BCUT2D eigenvalue weighted by molar-refractivity contribution is 7.88. The maximum absolute atomic E-state index is 13.9. The average molecular weight is 377 g/mol. The second-order valence-electron chi connectivity index (χ2n) is 6.76. The number of para-hydroxylation sites is 1. The highest BCUT2D eigenvalue weighted by Gasteiger charge is 2.39. The summed E-state index contributed by atoms with van der Waals surface area (Å²) in [7, 11) is -3.71. The standard InChI is InChI=1S/C20H24FNO3S/c1-3-20(4-2)13-18(16-10-6-8-12-19(16)25-20)22-26(23,24)14-15-9-5-7-11-17(15)21/h5-12,18,22H,3-4,13-14H2,1-2H3/t18-/m0/s1. The number of fused-ring (bicyclic) bond motifs is 1.